The molecule has 0 aliphatic carbocycles. The first kappa shape index (κ1) is 11.7. The quantitative estimate of drug-likeness (QED) is 0.746. The number of nitrogens with zero attached hydrogens (tertiary/aromatic N) is 2. The highest BCUT2D eigenvalue weighted by atomic mass is 14.9. The summed E-state index contributed by atoms with van der Waals surface area (Å²) in [5, 5.41) is 4.47. The van der Waals surface area contributed by atoms with E-state index >= 15 is 0 Å². The van der Waals surface area contributed by atoms with Gasteiger partial charge in [0.25, 0.3) is 0 Å². The lowest BCUT2D eigenvalue weighted by Gasteiger charge is -2.10. The van der Waals surface area contributed by atoms with Gasteiger partial charge in [0, 0.05) is 22.5 Å². The molecule has 2 heterocycles. The van der Waals surface area contributed by atoms with Crippen molar-refractivity contribution in [3.63, 3.8) is 0 Å². The monoisotopic (exact) mass is 249 g/mol. The normalized spacial score (nSPS) is 10.6. The Morgan fingerprint density at radius 2 is 1.58 bits per heavy atom. The van der Waals surface area contributed by atoms with Crippen molar-refractivity contribution in [2.75, 3.05) is 5.32 Å². The molecule has 3 rings (SSSR count). The van der Waals surface area contributed by atoms with Gasteiger partial charge >= 0.3 is 0 Å². The van der Waals surface area contributed by atoms with Crippen LogP contribution in [-0.4, -0.2) is 9.97 Å². The molecule has 0 aliphatic heterocycles. The molecule has 1 aromatic carbocycles. The summed E-state index contributed by atoms with van der Waals surface area (Å²) in [4.78, 5) is 8.98. The van der Waals surface area contributed by atoms with E-state index in [0.29, 0.717) is 0 Å². The zero-order chi connectivity index (χ0) is 13.2. The summed E-state index contributed by atoms with van der Waals surface area (Å²) in [7, 11) is 0. The van der Waals surface area contributed by atoms with E-state index in [4.69, 9.17) is 0 Å². The molecule has 3 nitrogen and oxygen atoms in total. The van der Waals surface area contributed by atoms with Gasteiger partial charge in [0.2, 0.25) is 0 Å². The molecule has 0 saturated heterocycles. The number of benzene rings is 1. The number of rotatable bonds is 2. The second kappa shape index (κ2) is 4.69. The lowest BCUT2D eigenvalue weighted by Crippen LogP contribution is -1.96. The van der Waals surface area contributed by atoms with Gasteiger partial charge in [-0.15, -0.1) is 0 Å². The first-order valence-electron chi connectivity index (χ1n) is 6.29. The van der Waals surface area contributed by atoms with Crippen molar-refractivity contribution in [1.29, 1.82) is 0 Å². The Bertz CT molecular complexity index is 715. The Kier molecular flexibility index (Phi) is 2.88. The van der Waals surface area contributed by atoms with E-state index in [0.717, 1.165) is 33.8 Å². The molecule has 0 unspecified atom stereocenters. The van der Waals surface area contributed by atoms with Crippen LogP contribution in [0.5, 0.6) is 0 Å². The lowest BCUT2D eigenvalue weighted by molar-refractivity contribution is 1.16. The average molecular weight is 249 g/mol. The molecule has 0 saturated carbocycles. The number of para-hydroxylation sites is 1. The molecule has 3 aromatic rings. The molecule has 0 fully saturated rings. The van der Waals surface area contributed by atoms with Crippen LogP contribution in [0.15, 0.2) is 48.5 Å². The fraction of sp³-hybridized carbons (Fsp3) is 0.125. The number of hydrogen-bond acceptors (Lipinski definition) is 3. The summed E-state index contributed by atoms with van der Waals surface area (Å²) in [6.07, 6.45) is 0. The smallest absolute Gasteiger partial charge is 0.161 e. The number of anilines is 2. The van der Waals surface area contributed by atoms with Gasteiger partial charge in [-0.2, -0.15) is 0 Å². The maximum atomic E-state index is 4.49. The standard InChI is InChI=1S/C16H15N3/c1-11-8-9-14-15(10-12(2)18-16(14)17-11)19-13-6-4-3-5-7-13/h3-10H,1-2H3,(H,17,18,19). The second-order valence-corrected chi connectivity index (χ2v) is 4.63. The third kappa shape index (κ3) is 2.40. The van der Waals surface area contributed by atoms with E-state index in [1.54, 1.807) is 0 Å². The summed E-state index contributed by atoms with van der Waals surface area (Å²) in [6, 6.07) is 16.2. The largest absolute Gasteiger partial charge is 0.355 e. The Labute approximate surface area is 112 Å². The topological polar surface area (TPSA) is 37.8 Å². The van der Waals surface area contributed by atoms with E-state index in [9.17, 15) is 0 Å². The molecule has 0 bridgehead atoms. The fourth-order valence-corrected chi connectivity index (χ4v) is 2.10. The summed E-state index contributed by atoms with van der Waals surface area (Å²) >= 11 is 0. The molecule has 3 heteroatoms. The van der Waals surface area contributed by atoms with Crippen LogP contribution in [0, 0.1) is 13.8 Å². The van der Waals surface area contributed by atoms with Crippen LogP contribution in [0.1, 0.15) is 11.4 Å². The molecule has 19 heavy (non-hydrogen) atoms. The highest BCUT2D eigenvalue weighted by Gasteiger charge is 2.05. The Balaban J connectivity index is 2.12. The van der Waals surface area contributed by atoms with E-state index < -0.39 is 0 Å². The maximum Gasteiger partial charge on any atom is 0.161 e. The number of hydrogen-bond donors (Lipinski definition) is 1. The van der Waals surface area contributed by atoms with Crippen molar-refractivity contribution in [1.82, 2.24) is 9.97 Å². The first-order chi connectivity index (χ1) is 9.22. The first-order valence-corrected chi connectivity index (χ1v) is 6.29. The van der Waals surface area contributed by atoms with Crippen LogP contribution >= 0.6 is 0 Å². The Morgan fingerprint density at radius 3 is 2.37 bits per heavy atom. The van der Waals surface area contributed by atoms with Gasteiger partial charge in [-0.1, -0.05) is 18.2 Å². The van der Waals surface area contributed by atoms with Gasteiger partial charge in [-0.05, 0) is 44.2 Å². The van der Waals surface area contributed by atoms with Gasteiger partial charge in [-0.25, -0.2) is 9.97 Å². The van der Waals surface area contributed by atoms with E-state index in [2.05, 4.69) is 21.4 Å². The third-order valence-electron chi connectivity index (χ3n) is 2.99. The zero-order valence-electron chi connectivity index (χ0n) is 11.0. The van der Waals surface area contributed by atoms with Crippen molar-refractivity contribution in [2.24, 2.45) is 0 Å². The van der Waals surface area contributed by atoms with Gasteiger partial charge < -0.3 is 5.32 Å². The molecule has 2 aromatic heterocycles. The van der Waals surface area contributed by atoms with Gasteiger partial charge in [0.15, 0.2) is 5.65 Å². The van der Waals surface area contributed by atoms with Crippen LogP contribution in [0.4, 0.5) is 11.4 Å². The number of pyridine rings is 2. The molecular formula is C16H15N3. The lowest BCUT2D eigenvalue weighted by atomic mass is 10.2. The van der Waals surface area contributed by atoms with Gasteiger partial charge in [0.1, 0.15) is 0 Å². The molecule has 0 aliphatic rings. The number of aromatic nitrogens is 2. The van der Waals surface area contributed by atoms with Crippen LogP contribution in [0.25, 0.3) is 11.0 Å². The van der Waals surface area contributed by atoms with Gasteiger partial charge in [-0.3, -0.25) is 0 Å². The predicted molar refractivity (Wildman–Crippen MR) is 78.7 cm³/mol. The summed E-state index contributed by atoms with van der Waals surface area (Å²) in [6.45, 7) is 3.97. The van der Waals surface area contributed by atoms with Crippen molar-refractivity contribution in [3.05, 3.63) is 59.9 Å². The zero-order valence-corrected chi connectivity index (χ0v) is 11.0. The Hall–Kier alpha value is -2.42. The molecule has 94 valence electrons. The molecule has 0 spiro atoms. The molecule has 0 atom stereocenters. The number of fused-ring (bicyclic) bond motifs is 1. The van der Waals surface area contributed by atoms with Crippen LogP contribution in [0.3, 0.4) is 0 Å². The Morgan fingerprint density at radius 1 is 0.842 bits per heavy atom. The van der Waals surface area contributed by atoms with Crippen molar-refractivity contribution in [3.8, 4) is 0 Å². The number of nitrogens with one attached hydrogen (secondary N) is 1. The van der Waals surface area contributed by atoms with Crippen LogP contribution < -0.4 is 5.32 Å². The second-order valence-electron chi connectivity index (χ2n) is 4.63. The fourth-order valence-electron chi connectivity index (χ4n) is 2.10. The summed E-state index contributed by atoms with van der Waals surface area (Å²) < 4.78 is 0. The maximum absolute atomic E-state index is 4.49. The number of aryl methyl sites for hydroxylation is 2. The minimum Gasteiger partial charge on any atom is -0.355 e. The highest BCUT2D eigenvalue weighted by molar-refractivity contribution is 5.91. The molecule has 0 amide bonds. The summed E-state index contributed by atoms with van der Waals surface area (Å²) in [5.41, 5.74) is 4.84. The van der Waals surface area contributed by atoms with Crippen molar-refractivity contribution < 1.29 is 0 Å². The highest BCUT2D eigenvalue weighted by Crippen LogP contribution is 2.25. The van der Waals surface area contributed by atoms with Crippen LogP contribution in [-0.2, 0) is 0 Å². The summed E-state index contributed by atoms with van der Waals surface area (Å²) in [5.74, 6) is 0. The molecule has 1 N–H and O–H groups in total. The molecule has 0 radical (unpaired) electrons. The third-order valence-corrected chi connectivity index (χ3v) is 2.99. The minimum atomic E-state index is 0.790. The van der Waals surface area contributed by atoms with Crippen molar-refractivity contribution in [2.45, 2.75) is 13.8 Å². The van der Waals surface area contributed by atoms with E-state index in [1.807, 2.05) is 56.3 Å². The van der Waals surface area contributed by atoms with E-state index in [-0.39, 0.29) is 0 Å². The SMILES string of the molecule is Cc1ccc2c(Nc3ccccc3)cc(C)nc2n1. The van der Waals surface area contributed by atoms with Crippen molar-refractivity contribution >= 4 is 22.4 Å². The van der Waals surface area contributed by atoms with Gasteiger partial charge in [0.05, 0.1) is 5.69 Å². The average Bonchev–Trinajstić information content (AvgIpc) is 2.39. The van der Waals surface area contributed by atoms with E-state index in [1.165, 1.54) is 0 Å². The predicted octanol–water partition coefficient (Wildman–Crippen LogP) is 3.99. The van der Waals surface area contributed by atoms with Crippen LogP contribution in [0.2, 0.25) is 0 Å². The molecular weight excluding hydrogens is 234 g/mol. The minimum absolute atomic E-state index is 0.790.